The Morgan fingerprint density at radius 2 is 1.93 bits per heavy atom. The first-order chi connectivity index (χ1) is 13.1. The number of H-pyrrole nitrogens is 1. The van der Waals surface area contributed by atoms with Crippen LogP contribution in [0.25, 0.3) is 27.1 Å². The first-order valence-corrected chi connectivity index (χ1v) is 9.40. The molecule has 27 heavy (non-hydrogen) atoms. The molecule has 0 bridgehead atoms. The average Bonchev–Trinajstić information content (AvgIpc) is 3.36. The van der Waals surface area contributed by atoms with Gasteiger partial charge in [0.05, 0.1) is 14.2 Å². The minimum absolute atomic E-state index is 0.549. The van der Waals surface area contributed by atoms with Crippen molar-refractivity contribution in [1.29, 1.82) is 0 Å². The van der Waals surface area contributed by atoms with Crippen molar-refractivity contribution in [1.82, 2.24) is 30.0 Å². The van der Waals surface area contributed by atoms with E-state index < -0.39 is 0 Å². The Morgan fingerprint density at radius 1 is 1.11 bits per heavy atom. The van der Waals surface area contributed by atoms with Crippen LogP contribution in [0.2, 0.25) is 0 Å². The fourth-order valence-corrected chi connectivity index (χ4v) is 3.72. The largest absolute Gasteiger partial charge is 0.493 e. The second kappa shape index (κ2) is 6.99. The molecule has 140 valence electrons. The summed E-state index contributed by atoms with van der Waals surface area (Å²) in [6, 6.07) is 7.72. The van der Waals surface area contributed by atoms with Gasteiger partial charge in [0.1, 0.15) is 10.7 Å². The normalized spacial score (nSPS) is 11.4. The zero-order valence-corrected chi connectivity index (χ0v) is 16.4. The lowest BCUT2D eigenvalue weighted by Gasteiger charge is -2.07. The van der Waals surface area contributed by atoms with E-state index in [9.17, 15) is 0 Å². The fourth-order valence-electron chi connectivity index (χ4n) is 2.88. The van der Waals surface area contributed by atoms with E-state index in [0.717, 1.165) is 28.4 Å². The smallest absolute Gasteiger partial charge is 0.235 e. The number of nitrogens with zero attached hydrogens (tertiary/aromatic N) is 5. The Hall–Kier alpha value is -2.94. The average molecular weight is 384 g/mol. The third-order valence-corrected chi connectivity index (χ3v) is 5.06. The summed E-state index contributed by atoms with van der Waals surface area (Å²) >= 11 is 1.46. The maximum atomic E-state index is 5.38. The molecular weight excluding hydrogens is 364 g/mol. The lowest BCUT2D eigenvalue weighted by molar-refractivity contribution is 0.355. The van der Waals surface area contributed by atoms with Crippen LogP contribution < -0.4 is 9.47 Å². The molecule has 0 unspecified atom stereocenters. The molecule has 3 aromatic heterocycles. The van der Waals surface area contributed by atoms with E-state index in [2.05, 4.69) is 39.3 Å². The molecule has 9 heteroatoms. The van der Waals surface area contributed by atoms with Gasteiger partial charge in [-0.25, -0.2) is 0 Å². The Bertz CT molecular complexity index is 1080. The van der Waals surface area contributed by atoms with Crippen LogP contribution in [0.15, 0.2) is 24.3 Å². The number of aromatic nitrogens is 6. The lowest BCUT2D eigenvalue weighted by atomic mass is 10.1. The van der Waals surface area contributed by atoms with Gasteiger partial charge >= 0.3 is 0 Å². The number of benzene rings is 1. The van der Waals surface area contributed by atoms with Gasteiger partial charge in [-0.05, 0) is 36.6 Å². The number of nitrogens with one attached hydrogen (secondary N) is 1. The summed E-state index contributed by atoms with van der Waals surface area (Å²) < 4.78 is 12.4. The van der Waals surface area contributed by atoms with Gasteiger partial charge in [0.25, 0.3) is 0 Å². The van der Waals surface area contributed by atoms with E-state index >= 15 is 0 Å². The van der Waals surface area contributed by atoms with Gasteiger partial charge in [-0.2, -0.15) is 14.7 Å². The van der Waals surface area contributed by atoms with Crippen molar-refractivity contribution in [2.75, 3.05) is 14.2 Å². The van der Waals surface area contributed by atoms with Crippen LogP contribution in [0.3, 0.4) is 0 Å². The van der Waals surface area contributed by atoms with Crippen molar-refractivity contribution in [3.05, 3.63) is 30.0 Å². The van der Waals surface area contributed by atoms with Crippen molar-refractivity contribution < 1.29 is 9.47 Å². The summed E-state index contributed by atoms with van der Waals surface area (Å²) in [7, 11) is 3.23. The van der Waals surface area contributed by atoms with E-state index in [1.807, 2.05) is 24.3 Å². The molecular formula is C18H20N6O2S. The lowest BCUT2D eigenvalue weighted by Crippen LogP contribution is -1.93. The minimum Gasteiger partial charge on any atom is -0.493 e. The zero-order valence-electron chi connectivity index (χ0n) is 15.6. The first kappa shape index (κ1) is 17.5. The van der Waals surface area contributed by atoms with Crippen molar-refractivity contribution in [2.24, 2.45) is 5.92 Å². The van der Waals surface area contributed by atoms with E-state index in [-0.39, 0.29) is 0 Å². The van der Waals surface area contributed by atoms with Crippen molar-refractivity contribution in [3.63, 3.8) is 0 Å². The summed E-state index contributed by atoms with van der Waals surface area (Å²) in [6.07, 6.45) is 0.933. The topological polar surface area (TPSA) is 90.2 Å². The molecule has 0 amide bonds. The molecule has 4 rings (SSSR count). The quantitative estimate of drug-likeness (QED) is 0.547. The second-order valence-corrected chi connectivity index (χ2v) is 7.53. The summed E-state index contributed by atoms with van der Waals surface area (Å²) in [5.74, 6) is 2.51. The number of rotatable bonds is 6. The van der Waals surface area contributed by atoms with Gasteiger partial charge in [0.2, 0.25) is 10.8 Å². The number of hydrogen-bond donors (Lipinski definition) is 1. The minimum atomic E-state index is 0.549. The SMILES string of the molecule is COc1ccc(-c2nn3c(-c4cc(CC(C)C)[nH]n4)nnc3s2)cc1OC. The molecule has 0 atom stereocenters. The molecule has 0 aliphatic rings. The summed E-state index contributed by atoms with van der Waals surface area (Å²) in [5, 5.41) is 21.4. The van der Waals surface area contributed by atoms with Crippen LogP contribution in [0.4, 0.5) is 0 Å². The molecule has 1 N–H and O–H groups in total. The van der Waals surface area contributed by atoms with Gasteiger partial charge in [0.15, 0.2) is 11.5 Å². The highest BCUT2D eigenvalue weighted by Gasteiger charge is 2.18. The van der Waals surface area contributed by atoms with Gasteiger partial charge in [0, 0.05) is 11.3 Å². The molecule has 0 spiro atoms. The number of hydrogen-bond acceptors (Lipinski definition) is 7. The van der Waals surface area contributed by atoms with Gasteiger partial charge < -0.3 is 9.47 Å². The standard InChI is InChI=1S/C18H20N6O2S/c1-10(2)7-12-9-13(20-19-12)16-21-22-18-24(16)23-17(27-18)11-5-6-14(25-3)15(8-11)26-4/h5-6,8-10H,7H2,1-4H3,(H,19,20). The summed E-state index contributed by atoms with van der Waals surface area (Å²) in [5.41, 5.74) is 2.74. The van der Waals surface area contributed by atoms with Crippen LogP contribution in [0.1, 0.15) is 19.5 Å². The van der Waals surface area contributed by atoms with E-state index in [4.69, 9.17) is 9.47 Å². The molecule has 4 aromatic rings. The maximum absolute atomic E-state index is 5.38. The molecule has 8 nitrogen and oxygen atoms in total. The predicted octanol–water partition coefficient (Wildman–Crippen LogP) is 3.46. The molecule has 3 heterocycles. The van der Waals surface area contributed by atoms with Crippen LogP contribution >= 0.6 is 11.3 Å². The van der Waals surface area contributed by atoms with Crippen molar-refractivity contribution in [2.45, 2.75) is 20.3 Å². The Balaban J connectivity index is 1.71. The number of fused-ring (bicyclic) bond motifs is 1. The summed E-state index contributed by atoms with van der Waals surface area (Å²) in [6.45, 7) is 4.34. The molecule has 0 saturated heterocycles. The number of ether oxygens (including phenoxy) is 2. The summed E-state index contributed by atoms with van der Waals surface area (Å²) in [4.78, 5) is 0.711. The van der Waals surface area contributed by atoms with Gasteiger partial charge in [-0.3, -0.25) is 5.10 Å². The predicted molar refractivity (Wildman–Crippen MR) is 103 cm³/mol. The van der Waals surface area contributed by atoms with E-state index in [1.54, 1.807) is 18.7 Å². The molecule has 0 aliphatic heterocycles. The van der Waals surface area contributed by atoms with Crippen molar-refractivity contribution >= 4 is 16.3 Å². The zero-order chi connectivity index (χ0) is 19.0. The van der Waals surface area contributed by atoms with Gasteiger partial charge in [-0.1, -0.05) is 25.2 Å². The highest BCUT2D eigenvalue weighted by atomic mass is 32.1. The van der Waals surface area contributed by atoms with Crippen LogP contribution in [-0.4, -0.2) is 44.2 Å². The molecule has 1 aromatic carbocycles. The van der Waals surface area contributed by atoms with E-state index in [1.165, 1.54) is 11.3 Å². The monoisotopic (exact) mass is 384 g/mol. The first-order valence-electron chi connectivity index (χ1n) is 8.58. The van der Waals surface area contributed by atoms with Crippen LogP contribution in [-0.2, 0) is 6.42 Å². The van der Waals surface area contributed by atoms with Crippen LogP contribution in [0.5, 0.6) is 11.5 Å². The molecule has 0 saturated carbocycles. The van der Waals surface area contributed by atoms with Gasteiger partial charge in [-0.15, -0.1) is 10.2 Å². The third-order valence-electron chi connectivity index (χ3n) is 4.11. The van der Waals surface area contributed by atoms with Crippen molar-refractivity contribution in [3.8, 4) is 33.6 Å². The van der Waals surface area contributed by atoms with E-state index in [0.29, 0.717) is 28.2 Å². The highest BCUT2D eigenvalue weighted by Crippen LogP contribution is 2.34. The second-order valence-electron chi connectivity index (χ2n) is 6.57. The molecule has 0 aliphatic carbocycles. The fraction of sp³-hybridized carbons (Fsp3) is 0.333. The maximum Gasteiger partial charge on any atom is 0.235 e. The Morgan fingerprint density at radius 3 is 2.67 bits per heavy atom. The number of aromatic amines is 1. The van der Waals surface area contributed by atoms with Crippen LogP contribution in [0, 0.1) is 5.92 Å². The third kappa shape index (κ3) is 3.25. The molecule has 0 fully saturated rings. The number of methoxy groups -OCH3 is 2. The highest BCUT2D eigenvalue weighted by molar-refractivity contribution is 7.19. The Labute approximate surface area is 160 Å². The Kier molecular flexibility index (Phi) is 4.53. The molecule has 0 radical (unpaired) electrons.